The summed E-state index contributed by atoms with van der Waals surface area (Å²) in [4.78, 5) is 22.4. The fourth-order valence-corrected chi connectivity index (χ4v) is 2.33. The molecule has 7 nitrogen and oxygen atoms in total. The van der Waals surface area contributed by atoms with E-state index in [0.29, 0.717) is 24.4 Å². The van der Waals surface area contributed by atoms with Gasteiger partial charge in [0, 0.05) is 13.1 Å². The van der Waals surface area contributed by atoms with Gasteiger partial charge in [-0.25, -0.2) is 9.59 Å². The van der Waals surface area contributed by atoms with Crippen LogP contribution >= 0.6 is 0 Å². The van der Waals surface area contributed by atoms with Gasteiger partial charge in [-0.05, 0) is 35.4 Å². The lowest BCUT2D eigenvalue weighted by molar-refractivity contribution is -0.142. The second kappa shape index (κ2) is 10.3. The van der Waals surface area contributed by atoms with Crippen LogP contribution in [0.5, 0.6) is 5.75 Å². The van der Waals surface area contributed by atoms with Gasteiger partial charge in [-0.1, -0.05) is 24.3 Å². The maximum absolute atomic E-state index is 11.4. The first-order valence-electron chi connectivity index (χ1n) is 8.39. The van der Waals surface area contributed by atoms with Crippen molar-refractivity contribution in [2.75, 3.05) is 27.4 Å². The Labute approximate surface area is 157 Å². The van der Waals surface area contributed by atoms with Crippen LogP contribution in [0, 0.1) is 0 Å². The number of carbonyl (C=O) groups is 2. The third-order valence-electron chi connectivity index (χ3n) is 3.89. The first-order chi connectivity index (χ1) is 13.0. The van der Waals surface area contributed by atoms with E-state index in [1.54, 1.807) is 36.4 Å². The van der Waals surface area contributed by atoms with E-state index in [9.17, 15) is 14.7 Å². The SMILES string of the molecule is COC(=O)COc1ccc(C(O)CNCc2ccc(C(=O)OC)cc2)cc1. The third-order valence-corrected chi connectivity index (χ3v) is 3.89. The molecule has 2 N–H and O–H groups in total. The van der Waals surface area contributed by atoms with Crippen molar-refractivity contribution in [3.8, 4) is 5.75 Å². The van der Waals surface area contributed by atoms with Crippen LogP contribution in [0.3, 0.4) is 0 Å². The lowest BCUT2D eigenvalue weighted by Crippen LogP contribution is -2.21. The molecule has 0 heterocycles. The fourth-order valence-electron chi connectivity index (χ4n) is 2.33. The highest BCUT2D eigenvalue weighted by Crippen LogP contribution is 2.17. The summed E-state index contributed by atoms with van der Waals surface area (Å²) in [5.74, 6) is -0.304. The largest absolute Gasteiger partial charge is 0.482 e. The Kier molecular flexibility index (Phi) is 7.79. The van der Waals surface area contributed by atoms with Crippen molar-refractivity contribution in [2.24, 2.45) is 0 Å². The summed E-state index contributed by atoms with van der Waals surface area (Å²) in [7, 11) is 2.64. The normalized spacial score (nSPS) is 11.5. The van der Waals surface area contributed by atoms with Crippen LogP contribution in [0.1, 0.15) is 27.6 Å². The third kappa shape index (κ3) is 6.40. The zero-order valence-corrected chi connectivity index (χ0v) is 15.3. The molecule has 0 aromatic heterocycles. The number of ether oxygens (including phenoxy) is 3. The molecule has 0 fully saturated rings. The van der Waals surface area contributed by atoms with Crippen molar-refractivity contribution >= 4 is 11.9 Å². The van der Waals surface area contributed by atoms with Crippen LogP contribution < -0.4 is 10.1 Å². The van der Waals surface area contributed by atoms with E-state index in [-0.39, 0.29) is 12.6 Å². The number of hydrogen-bond acceptors (Lipinski definition) is 7. The lowest BCUT2D eigenvalue weighted by atomic mass is 10.1. The van der Waals surface area contributed by atoms with Crippen molar-refractivity contribution in [3.63, 3.8) is 0 Å². The number of hydrogen-bond donors (Lipinski definition) is 2. The molecule has 1 unspecified atom stereocenters. The minimum atomic E-state index is -0.686. The maximum atomic E-state index is 11.4. The lowest BCUT2D eigenvalue weighted by Gasteiger charge is -2.13. The van der Waals surface area contributed by atoms with Gasteiger partial charge in [-0.15, -0.1) is 0 Å². The predicted molar refractivity (Wildman–Crippen MR) is 98.4 cm³/mol. The summed E-state index contributed by atoms with van der Waals surface area (Å²) in [6, 6.07) is 13.9. The molecule has 0 saturated heterocycles. The Morgan fingerprint density at radius 2 is 1.67 bits per heavy atom. The Balaban J connectivity index is 1.79. The zero-order valence-electron chi connectivity index (χ0n) is 15.3. The minimum Gasteiger partial charge on any atom is -0.482 e. The average Bonchev–Trinajstić information content (AvgIpc) is 2.72. The Morgan fingerprint density at radius 3 is 2.26 bits per heavy atom. The fraction of sp³-hybridized carbons (Fsp3) is 0.300. The molecule has 144 valence electrons. The van der Waals surface area contributed by atoms with Crippen LogP contribution in [0.4, 0.5) is 0 Å². The van der Waals surface area contributed by atoms with E-state index in [2.05, 4.69) is 14.8 Å². The molecule has 0 amide bonds. The highest BCUT2D eigenvalue weighted by molar-refractivity contribution is 5.89. The summed E-state index contributed by atoms with van der Waals surface area (Å²) in [6.07, 6.45) is -0.686. The van der Waals surface area contributed by atoms with E-state index in [0.717, 1.165) is 11.1 Å². The number of aliphatic hydroxyl groups is 1. The van der Waals surface area contributed by atoms with Crippen LogP contribution in [-0.4, -0.2) is 44.4 Å². The van der Waals surface area contributed by atoms with Gasteiger partial charge in [-0.2, -0.15) is 0 Å². The monoisotopic (exact) mass is 373 g/mol. The predicted octanol–water partition coefficient (Wildman–Crippen LogP) is 1.85. The molecular formula is C20H23NO6. The van der Waals surface area contributed by atoms with E-state index in [4.69, 9.17) is 4.74 Å². The first-order valence-corrected chi connectivity index (χ1v) is 8.39. The second-order valence-corrected chi connectivity index (χ2v) is 5.77. The molecule has 1 atom stereocenters. The quantitative estimate of drug-likeness (QED) is 0.648. The van der Waals surface area contributed by atoms with Crippen molar-refractivity contribution in [1.82, 2.24) is 5.32 Å². The van der Waals surface area contributed by atoms with Gasteiger partial charge in [0.15, 0.2) is 6.61 Å². The summed E-state index contributed by atoms with van der Waals surface area (Å²) in [5.41, 5.74) is 2.21. The molecule has 0 aliphatic rings. The van der Waals surface area contributed by atoms with Crippen LogP contribution in [0.25, 0.3) is 0 Å². The summed E-state index contributed by atoms with van der Waals surface area (Å²) in [5, 5.41) is 13.4. The highest BCUT2D eigenvalue weighted by atomic mass is 16.6. The molecule has 0 radical (unpaired) electrons. The molecule has 0 aliphatic carbocycles. The van der Waals surface area contributed by atoms with Crippen molar-refractivity contribution in [2.45, 2.75) is 12.6 Å². The van der Waals surface area contributed by atoms with Crippen molar-refractivity contribution in [3.05, 3.63) is 65.2 Å². The number of nitrogens with one attached hydrogen (secondary N) is 1. The minimum absolute atomic E-state index is 0.158. The van der Waals surface area contributed by atoms with Crippen molar-refractivity contribution < 1.29 is 28.9 Å². The van der Waals surface area contributed by atoms with Gasteiger partial charge in [0.1, 0.15) is 5.75 Å². The Morgan fingerprint density at radius 1 is 1.00 bits per heavy atom. The van der Waals surface area contributed by atoms with Gasteiger partial charge in [0.2, 0.25) is 0 Å². The van der Waals surface area contributed by atoms with Gasteiger partial charge >= 0.3 is 11.9 Å². The van der Waals surface area contributed by atoms with Gasteiger partial charge in [0.05, 0.1) is 25.9 Å². The molecular weight excluding hydrogens is 350 g/mol. The molecule has 7 heteroatoms. The number of benzene rings is 2. The summed E-state index contributed by atoms with van der Waals surface area (Å²) in [6.45, 7) is 0.759. The average molecular weight is 373 g/mol. The standard InChI is InChI=1S/C20H23NO6/c1-25-19(23)13-27-17-9-7-15(8-10-17)18(22)12-21-11-14-3-5-16(6-4-14)20(24)26-2/h3-10,18,21-22H,11-13H2,1-2H3. The smallest absolute Gasteiger partial charge is 0.343 e. The van der Waals surface area contributed by atoms with Crippen molar-refractivity contribution in [1.29, 1.82) is 0 Å². The van der Waals surface area contributed by atoms with E-state index >= 15 is 0 Å². The molecule has 2 aromatic carbocycles. The summed E-state index contributed by atoms with van der Waals surface area (Å²) < 4.78 is 14.4. The molecule has 27 heavy (non-hydrogen) atoms. The zero-order chi connectivity index (χ0) is 19.6. The first kappa shape index (κ1) is 20.4. The number of methoxy groups -OCH3 is 2. The molecule has 0 aliphatic heterocycles. The van der Waals surface area contributed by atoms with E-state index in [1.807, 2.05) is 12.1 Å². The van der Waals surface area contributed by atoms with Crippen LogP contribution in [0.2, 0.25) is 0 Å². The van der Waals surface area contributed by atoms with Gasteiger partial charge < -0.3 is 24.6 Å². The topological polar surface area (TPSA) is 94.1 Å². The van der Waals surface area contributed by atoms with E-state index < -0.39 is 12.1 Å². The summed E-state index contributed by atoms with van der Waals surface area (Å²) >= 11 is 0. The number of carbonyl (C=O) groups excluding carboxylic acids is 2. The second-order valence-electron chi connectivity index (χ2n) is 5.77. The highest BCUT2D eigenvalue weighted by Gasteiger charge is 2.09. The van der Waals surface area contributed by atoms with Crippen LogP contribution in [0.15, 0.2) is 48.5 Å². The molecule has 0 saturated carbocycles. The molecule has 2 rings (SSSR count). The number of esters is 2. The molecule has 0 spiro atoms. The van der Waals surface area contributed by atoms with Gasteiger partial charge in [0.25, 0.3) is 0 Å². The maximum Gasteiger partial charge on any atom is 0.343 e. The van der Waals surface area contributed by atoms with E-state index in [1.165, 1.54) is 14.2 Å². The Hall–Kier alpha value is -2.90. The van der Waals surface area contributed by atoms with Gasteiger partial charge in [-0.3, -0.25) is 0 Å². The molecule has 2 aromatic rings. The number of rotatable bonds is 9. The Bertz CT molecular complexity index is 742. The number of aliphatic hydroxyl groups excluding tert-OH is 1. The van der Waals surface area contributed by atoms with Crippen LogP contribution in [-0.2, 0) is 20.8 Å². The molecule has 0 bridgehead atoms.